The van der Waals surface area contributed by atoms with Crippen molar-refractivity contribution in [2.75, 3.05) is 19.6 Å². The normalized spacial score (nSPS) is 34.0. The Hall–Kier alpha value is -1.61. The highest BCUT2D eigenvalue weighted by Gasteiger charge is 2.51. The van der Waals surface area contributed by atoms with E-state index in [1.807, 2.05) is 25.1 Å². The molecule has 158 valence electrons. The van der Waals surface area contributed by atoms with Gasteiger partial charge in [0.2, 0.25) is 0 Å². The number of thioether (sulfide) groups is 1. The number of amidine groups is 1. The topological polar surface area (TPSA) is 94.4 Å². The summed E-state index contributed by atoms with van der Waals surface area (Å²) < 4.78 is 5.92. The number of hydrogen-bond acceptors (Lipinski definition) is 7. The molecule has 3 N–H and O–H groups in total. The molecule has 3 heterocycles. The molecule has 29 heavy (non-hydrogen) atoms. The molecule has 3 aliphatic rings. The molecule has 0 aromatic heterocycles. The number of nitrogens with one attached hydrogen (secondary N) is 1. The number of amides is 1. The smallest absolute Gasteiger partial charge is 0.254 e. The molecule has 3 aliphatic heterocycles. The Morgan fingerprint density at radius 2 is 2.10 bits per heavy atom. The quantitative estimate of drug-likeness (QED) is 0.659. The van der Waals surface area contributed by atoms with E-state index in [-0.39, 0.29) is 5.91 Å². The summed E-state index contributed by atoms with van der Waals surface area (Å²) in [6.07, 6.45) is -0.425. The lowest BCUT2D eigenvalue weighted by atomic mass is 9.97. The van der Waals surface area contributed by atoms with Crippen LogP contribution in [0.4, 0.5) is 0 Å². The zero-order chi connectivity index (χ0) is 20.4. The number of rotatable bonds is 5. The van der Waals surface area contributed by atoms with E-state index in [2.05, 4.69) is 22.4 Å². The third kappa shape index (κ3) is 4.45. The van der Waals surface area contributed by atoms with Gasteiger partial charge < -0.3 is 25.2 Å². The molecule has 0 bridgehead atoms. The Labute approximate surface area is 175 Å². The van der Waals surface area contributed by atoms with Crippen molar-refractivity contribution >= 4 is 22.8 Å². The molecule has 2 saturated heterocycles. The van der Waals surface area contributed by atoms with Gasteiger partial charge in [-0.1, -0.05) is 42.1 Å². The first kappa shape index (κ1) is 20.7. The number of likely N-dealkylation sites (tertiary alicyclic amines) is 1. The fourth-order valence-corrected chi connectivity index (χ4v) is 5.43. The lowest BCUT2D eigenvalue weighted by molar-refractivity contribution is -0.178. The van der Waals surface area contributed by atoms with Gasteiger partial charge >= 0.3 is 0 Å². The van der Waals surface area contributed by atoms with Crippen LogP contribution in [0.15, 0.2) is 35.3 Å². The number of fused-ring (bicyclic) bond motifs is 1. The van der Waals surface area contributed by atoms with Crippen LogP contribution in [0.3, 0.4) is 0 Å². The largest absolute Gasteiger partial charge is 0.388 e. The minimum Gasteiger partial charge on any atom is -0.388 e. The van der Waals surface area contributed by atoms with E-state index >= 15 is 0 Å². The van der Waals surface area contributed by atoms with Crippen molar-refractivity contribution in [1.82, 2.24) is 10.2 Å². The summed E-state index contributed by atoms with van der Waals surface area (Å²) in [7, 11) is 0. The maximum atomic E-state index is 13.0. The fourth-order valence-electron chi connectivity index (χ4n) is 4.26. The molecule has 0 saturated carbocycles. The van der Waals surface area contributed by atoms with Crippen molar-refractivity contribution in [2.24, 2.45) is 10.9 Å². The predicted molar refractivity (Wildman–Crippen MR) is 113 cm³/mol. The Kier molecular flexibility index (Phi) is 6.44. The number of aliphatic hydroxyl groups excluding tert-OH is 2. The first-order valence-corrected chi connectivity index (χ1v) is 11.3. The second-order valence-corrected chi connectivity index (χ2v) is 9.03. The average molecular weight is 420 g/mol. The molecule has 4 rings (SSSR count). The molecule has 1 unspecified atom stereocenters. The zero-order valence-electron chi connectivity index (χ0n) is 16.6. The van der Waals surface area contributed by atoms with E-state index in [0.717, 1.165) is 19.3 Å². The second kappa shape index (κ2) is 9.04. The van der Waals surface area contributed by atoms with Gasteiger partial charge in [0, 0.05) is 19.6 Å². The van der Waals surface area contributed by atoms with Gasteiger partial charge in [-0.3, -0.25) is 9.79 Å². The van der Waals surface area contributed by atoms with Crippen LogP contribution in [-0.2, 0) is 16.0 Å². The minimum atomic E-state index is -1.27. The molecule has 1 aromatic rings. The van der Waals surface area contributed by atoms with Crippen LogP contribution in [0.2, 0.25) is 0 Å². The summed E-state index contributed by atoms with van der Waals surface area (Å²) in [6.45, 7) is 4.02. The number of nitrogens with zero attached hydrogens (tertiary/aromatic N) is 2. The summed E-state index contributed by atoms with van der Waals surface area (Å²) in [4.78, 5) is 19.2. The van der Waals surface area contributed by atoms with Crippen molar-refractivity contribution in [1.29, 1.82) is 0 Å². The van der Waals surface area contributed by atoms with Gasteiger partial charge in [0.25, 0.3) is 5.91 Å². The number of aryl methyl sites for hydroxylation is 1. The van der Waals surface area contributed by atoms with E-state index in [1.54, 1.807) is 4.90 Å². The molecule has 1 amide bonds. The number of aliphatic hydroxyl groups is 2. The highest BCUT2D eigenvalue weighted by molar-refractivity contribution is 8.14. The van der Waals surface area contributed by atoms with Gasteiger partial charge in [-0.2, -0.15) is 0 Å². The number of benzene rings is 1. The Morgan fingerprint density at radius 3 is 2.86 bits per heavy atom. The monoisotopic (exact) mass is 419 g/mol. The van der Waals surface area contributed by atoms with Gasteiger partial charge in [-0.25, -0.2) is 0 Å². The Bertz CT molecular complexity index is 747. The fraction of sp³-hybridized carbons (Fsp3) is 0.619. The van der Waals surface area contributed by atoms with E-state index in [0.29, 0.717) is 30.7 Å². The Morgan fingerprint density at radius 1 is 1.31 bits per heavy atom. The third-order valence-electron chi connectivity index (χ3n) is 5.92. The van der Waals surface area contributed by atoms with Crippen LogP contribution in [0.1, 0.15) is 25.3 Å². The zero-order valence-corrected chi connectivity index (χ0v) is 17.4. The summed E-state index contributed by atoms with van der Waals surface area (Å²) in [5, 5.41) is 24.8. The van der Waals surface area contributed by atoms with Crippen molar-refractivity contribution in [2.45, 2.75) is 56.0 Å². The van der Waals surface area contributed by atoms with Crippen molar-refractivity contribution in [3.63, 3.8) is 0 Å². The lowest BCUT2D eigenvalue weighted by Gasteiger charge is -2.38. The highest BCUT2D eigenvalue weighted by Crippen LogP contribution is 2.37. The van der Waals surface area contributed by atoms with E-state index < -0.39 is 29.8 Å². The van der Waals surface area contributed by atoms with Crippen LogP contribution in [0.5, 0.6) is 0 Å². The minimum absolute atomic E-state index is 0.227. The van der Waals surface area contributed by atoms with E-state index in [4.69, 9.17) is 4.74 Å². The molecular weight excluding hydrogens is 390 g/mol. The summed E-state index contributed by atoms with van der Waals surface area (Å²) in [6, 6.07) is 9.82. The molecule has 0 radical (unpaired) electrons. The first-order chi connectivity index (χ1) is 14.1. The lowest BCUT2D eigenvalue weighted by Crippen LogP contribution is -2.59. The third-order valence-corrected chi connectivity index (χ3v) is 7.01. The van der Waals surface area contributed by atoms with Gasteiger partial charge in [-0.15, -0.1) is 0 Å². The molecule has 0 aliphatic carbocycles. The number of carbonyl (C=O) groups is 1. The second-order valence-electron chi connectivity index (χ2n) is 7.94. The van der Waals surface area contributed by atoms with E-state index in [9.17, 15) is 15.0 Å². The van der Waals surface area contributed by atoms with E-state index in [1.165, 1.54) is 17.3 Å². The average Bonchev–Trinajstić information content (AvgIpc) is 3.37. The number of carbonyl (C=O) groups excluding carboxylic acids is 1. The molecular formula is C21H29N3O4S. The molecule has 7 nitrogen and oxygen atoms in total. The van der Waals surface area contributed by atoms with Crippen LogP contribution in [0.25, 0.3) is 0 Å². The standard InChI is InChI=1S/C21H29N3O4S/c1-2-22-21-23-15-16(25)17(26)18(28-20(15)29-21)19(27)24-11-10-14(12-24)9-8-13-6-4-3-5-7-13/h3-7,14-18,20,25-26H,2,8-12H2,1H3,(H,22,23)/t14?,15-,16-,17+,18+,20-/m1/s1. The van der Waals surface area contributed by atoms with Gasteiger partial charge in [0.1, 0.15) is 23.7 Å². The van der Waals surface area contributed by atoms with Gasteiger partial charge in [0.05, 0.1) is 0 Å². The van der Waals surface area contributed by atoms with Crippen molar-refractivity contribution < 1.29 is 19.7 Å². The molecule has 2 fully saturated rings. The molecule has 1 aromatic carbocycles. The molecule has 0 spiro atoms. The number of ether oxygens (including phenoxy) is 1. The van der Waals surface area contributed by atoms with Crippen LogP contribution in [-0.4, -0.2) is 75.6 Å². The highest BCUT2D eigenvalue weighted by atomic mass is 32.2. The summed E-state index contributed by atoms with van der Waals surface area (Å²) in [5.74, 6) is 0.219. The Balaban J connectivity index is 1.33. The first-order valence-electron chi connectivity index (χ1n) is 10.4. The maximum absolute atomic E-state index is 13.0. The predicted octanol–water partition coefficient (Wildman–Crippen LogP) is 0.995. The molecule has 6 atom stereocenters. The SMILES string of the molecule is CCNC1=N[C@@H]2[C@@H](O)[C@H](O)[C@@H](C(=O)N3CCC(CCc4ccccc4)C3)O[C@@H]2S1. The van der Waals surface area contributed by atoms with Crippen LogP contribution < -0.4 is 5.32 Å². The van der Waals surface area contributed by atoms with Gasteiger partial charge in [-0.05, 0) is 37.7 Å². The maximum Gasteiger partial charge on any atom is 0.254 e. The van der Waals surface area contributed by atoms with Crippen molar-refractivity contribution in [3.8, 4) is 0 Å². The van der Waals surface area contributed by atoms with Crippen molar-refractivity contribution in [3.05, 3.63) is 35.9 Å². The molecule has 8 heteroatoms. The van der Waals surface area contributed by atoms with Gasteiger partial charge in [0.15, 0.2) is 11.3 Å². The summed E-state index contributed by atoms with van der Waals surface area (Å²) in [5.41, 5.74) is 0.861. The number of aliphatic imine (C=N–C) groups is 1. The summed E-state index contributed by atoms with van der Waals surface area (Å²) >= 11 is 1.37. The van der Waals surface area contributed by atoms with Crippen LogP contribution in [0, 0.1) is 5.92 Å². The number of hydrogen-bond donors (Lipinski definition) is 3. The van der Waals surface area contributed by atoms with Crippen LogP contribution >= 0.6 is 11.8 Å².